The van der Waals surface area contributed by atoms with Gasteiger partial charge in [-0.15, -0.1) is 0 Å². The molecule has 3 aliphatic heterocycles. The van der Waals surface area contributed by atoms with E-state index in [1.807, 2.05) is 17.0 Å². The van der Waals surface area contributed by atoms with Crippen molar-refractivity contribution in [3.63, 3.8) is 0 Å². The molecule has 9 nitrogen and oxygen atoms in total. The number of carbonyl (C=O) groups excluding carboxylic acids is 2. The maximum Gasteiger partial charge on any atom is 0.316 e. The van der Waals surface area contributed by atoms with Gasteiger partial charge < -0.3 is 25.6 Å². The average molecular weight is 422 g/mol. The number of carbonyl (C=O) groups is 2. The number of anilines is 2. The van der Waals surface area contributed by atoms with Crippen LogP contribution in [0.1, 0.15) is 37.1 Å². The summed E-state index contributed by atoms with van der Waals surface area (Å²) in [7, 11) is 0. The van der Waals surface area contributed by atoms with Crippen LogP contribution >= 0.6 is 0 Å². The van der Waals surface area contributed by atoms with E-state index in [1.54, 1.807) is 12.1 Å². The molecule has 0 saturated carbocycles. The fraction of sp³-hybridized carbons (Fsp3) is 0.455. The van der Waals surface area contributed by atoms with Crippen LogP contribution in [0.3, 0.4) is 0 Å². The van der Waals surface area contributed by atoms with Crippen LogP contribution in [-0.2, 0) is 16.0 Å². The molecule has 0 unspecified atom stereocenters. The van der Waals surface area contributed by atoms with Crippen molar-refractivity contribution in [1.82, 2.24) is 14.9 Å². The second-order valence-corrected chi connectivity index (χ2v) is 8.31. The summed E-state index contributed by atoms with van der Waals surface area (Å²) in [6.45, 7) is 4.97. The second kappa shape index (κ2) is 7.81. The Kier molecular flexibility index (Phi) is 4.97. The quantitative estimate of drug-likeness (QED) is 0.783. The third kappa shape index (κ3) is 3.59. The molecular weight excluding hydrogens is 396 g/mol. The van der Waals surface area contributed by atoms with Gasteiger partial charge in [0.2, 0.25) is 5.91 Å². The Labute approximate surface area is 180 Å². The van der Waals surface area contributed by atoms with E-state index in [2.05, 4.69) is 17.1 Å². The zero-order valence-corrected chi connectivity index (χ0v) is 17.5. The second-order valence-electron chi connectivity index (χ2n) is 8.31. The van der Waals surface area contributed by atoms with E-state index < -0.39 is 6.03 Å². The molecule has 4 heterocycles. The summed E-state index contributed by atoms with van der Waals surface area (Å²) < 4.78 is 5.64. The number of primary amides is 1. The Morgan fingerprint density at radius 1 is 1.16 bits per heavy atom. The molecule has 0 bridgehead atoms. The fourth-order valence-electron chi connectivity index (χ4n) is 4.79. The molecule has 1 aromatic carbocycles. The van der Waals surface area contributed by atoms with Gasteiger partial charge in [-0.3, -0.25) is 4.79 Å². The van der Waals surface area contributed by atoms with Crippen LogP contribution in [0, 0.1) is 0 Å². The molecule has 0 aliphatic carbocycles. The number of ether oxygens (including phenoxy) is 1. The first-order valence-corrected chi connectivity index (χ1v) is 10.7. The maximum atomic E-state index is 12.3. The number of hydrogen-bond donors (Lipinski definition) is 2. The first-order chi connectivity index (χ1) is 15.0. The number of morpholine rings is 1. The Hall–Kier alpha value is -3.20. The van der Waals surface area contributed by atoms with Crippen molar-refractivity contribution >= 4 is 23.4 Å². The molecule has 2 saturated heterocycles. The van der Waals surface area contributed by atoms with Gasteiger partial charge in [-0.05, 0) is 44.0 Å². The highest BCUT2D eigenvalue weighted by Crippen LogP contribution is 2.41. The summed E-state index contributed by atoms with van der Waals surface area (Å²) in [6, 6.07) is 6.94. The molecule has 3 aliphatic rings. The predicted molar refractivity (Wildman–Crippen MR) is 116 cm³/mol. The average Bonchev–Trinajstić information content (AvgIpc) is 3.15. The third-order valence-electron chi connectivity index (χ3n) is 6.31. The van der Waals surface area contributed by atoms with Crippen molar-refractivity contribution in [3.05, 3.63) is 35.5 Å². The Morgan fingerprint density at radius 3 is 2.71 bits per heavy atom. The summed E-state index contributed by atoms with van der Waals surface area (Å²) in [5.74, 6) is 1.78. The van der Waals surface area contributed by atoms with Gasteiger partial charge in [0, 0.05) is 36.3 Å². The van der Waals surface area contributed by atoms with Gasteiger partial charge in [-0.1, -0.05) is 0 Å². The Balaban J connectivity index is 1.59. The van der Waals surface area contributed by atoms with Crippen LogP contribution < -0.4 is 16.0 Å². The minimum Gasteiger partial charge on any atom is -0.377 e. The number of aromatic nitrogens is 2. The lowest BCUT2D eigenvalue weighted by Gasteiger charge is -2.38. The standard InChI is InChI=1S/C22H26N6O3/c1-13-12-31-11-10-27(13)21-16-8-9-28-17(6-7-18(28)29)19(16)25-20(26-21)14-2-4-15(5-3-14)24-22(23)30/h2-5,13,17H,6-12H2,1H3,(H3,23,24,30)/t13-,17-/m0/s1. The normalized spacial score (nSPS) is 22.8. The molecule has 1 aromatic heterocycles. The number of nitrogens with one attached hydrogen (secondary N) is 1. The van der Waals surface area contributed by atoms with Crippen molar-refractivity contribution < 1.29 is 14.3 Å². The van der Waals surface area contributed by atoms with Crippen LogP contribution in [0.5, 0.6) is 0 Å². The number of nitrogens with two attached hydrogens (primary N) is 1. The number of urea groups is 1. The molecule has 9 heteroatoms. The predicted octanol–water partition coefficient (Wildman–Crippen LogP) is 2.08. The van der Waals surface area contributed by atoms with E-state index in [0.717, 1.165) is 48.6 Å². The van der Waals surface area contributed by atoms with Gasteiger partial charge in [0.05, 0.1) is 31.0 Å². The van der Waals surface area contributed by atoms with Gasteiger partial charge in [-0.2, -0.15) is 0 Å². The van der Waals surface area contributed by atoms with Gasteiger partial charge in [0.15, 0.2) is 5.82 Å². The van der Waals surface area contributed by atoms with Crippen LogP contribution in [0.25, 0.3) is 11.4 Å². The molecule has 2 atom stereocenters. The van der Waals surface area contributed by atoms with Crippen molar-refractivity contribution in [1.29, 1.82) is 0 Å². The van der Waals surface area contributed by atoms with Crippen LogP contribution in [0.15, 0.2) is 24.3 Å². The van der Waals surface area contributed by atoms with Gasteiger partial charge >= 0.3 is 6.03 Å². The molecular formula is C22H26N6O3. The van der Waals surface area contributed by atoms with E-state index in [4.69, 9.17) is 20.4 Å². The highest BCUT2D eigenvalue weighted by molar-refractivity contribution is 5.88. The Morgan fingerprint density at radius 2 is 1.97 bits per heavy atom. The first-order valence-electron chi connectivity index (χ1n) is 10.7. The maximum absolute atomic E-state index is 12.3. The van der Waals surface area contributed by atoms with Gasteiger partial charge in [0.25, 0.3) is 0 Å². The highest BCUT2D eigenvalue weighted by atomic mass is 16.5. The molecule has 5 rings (SSSR count). The van der Waals surface area contributed by atoms with E-state index in [0.29, 0.717) is 31.1 Å². The largest absolute Gasteiger partial charge is 0.377 e. The topological polar surface area (TPSA) is 114 Å². The summed E-state index contributed by atoms with van der Waals surface area (Å²) >= 11 is 0. The number of rotatable bonds is 3. The molecule has 2 aromatic rings. The number of amides is 3. The molecule has 3 amide bonds. The molecule has 0 radical (unpaired) electrons. The van der Waals surface area contributed by atoms with Crippen LogP contribution in [0.4, 0.5) is 16.3 Å². The molecule has 3 N–H and O–H groups in total. The lowest BCUT2D eigenvalue weighted by molar-refractivity contribution is -0.129. The van der Waals surface area contributed by atoms with Crippen molar-refractivity contribution in [2.24, 2.45) is 5.73 Å². The van der Waals surface area contributed by atoms with E-state index in [1.165, 1.54) is 0 Å². The van der Waals surface area contributed by atoms with Crippen molar-refractivity contribution in [2.45, 2.75) is 38.3 Å². The summed E-state index contributed by atoms with van der Waals surface area (Å²) in [5, 5.41) is 2.57. The highest BCUT2D eigenvalue weighted by Gasteiger charge is 2.40. The van der Waals surface area contributed by atoms with Crippen LogP contribution in [0.2, 0.25) is 0 Å². The van der Waals surface area contributed by atoms with E-state index in [9.17, 15) is 9.59 Å². The number of hydrogen-bond acceptors (Lipinski definition) is 6. The SMILES string of the molecule is C[C@H]1COCCN1c1nc(-c2ccc(NC(N)=O)cc2)nc2c1CCN1C(=O)CC[C@@H]21. The van der Waals surface area contributed by atoms with E-state index in [-0.39, 0.29) is 18.0 Å². The molecule has 2 fully saturated rings. The summed E-state index contributed by atoms with van der Waals surface area (Å²) in [5.41, 5.74) is 8.79. The summed E-state index contributed by atoms with van der Waals surface area (Å²) in [6.07, 6.45) is 2.13. The zero-order chi connectivity index (χ0) is 21.5. The number of benzene rings is 1. The molecule has 0 spiro atoms. The van der Waals surface area contributed by atoms with Crippen molar-refractivity contribution in [3.8, 4) is 11.4 Å². The molecule has 31 heavy (non-hydrogen) atoms. The number of fused-ring (bicyclic) bond motifs is 3. The lowest BCUT2D eigenvalue weighted by atomic mass is 9.97. The van der Waals surface area contributed by atoms with Crippen LogP contribution in [-0.4, -0.2) is 59.2 Å². The van der Waals surface area contributed by atoms with Crippen molar-refractivity contribution in [2.75, 3.05) is 36.5 Å². The monoisotopic (exact) mass is 422 g/mol. The number of nitrogens with zero attached hydrogens (tertiary/aromatic N) is 4. The van der Waals surface area contributed by atoms with Gasteiger partial charge in [-0.25, -0.2) is 14.8 Å². The van der Waals surface area contributed by atoms with Gasteiger partial charge in [0.1, 0.15) is 5.82 Å². The zero-order valence-electron chi connectivity index (χ0n) is 17.5. The third-order valence-corrected chi connectivity index (χ3v) is 6.31. The van der Waals surface area contributed by atoms with E-state index >= 15 is 0 Å². The minimum absolute atomic E-state index is 0.0175. The minimum atomic E-state index is -0.604. The fourth-order valence-corrected chi connectivity index (χ4v) is 4.79. The summed E-state index contributed by atoms with van der Waals surface area (Å²) in [4.78, 5) is 37.7. The first kappa shape index (κ1) is 19.7. The molecule has 162 valence electrons. The Bertz CT molecular complexity index is 1020. The smallest absolute Gasteiger partial charge is 0.316 e. The lowest BCUT2D eigenvalue weighted by Crippen LogP contribution is -2.45.